The maximum atomic E-state index is 6.26. The molecular formula is C22H19NO2. The molecule has 25 heavy (non-hydrogen) atoms. The van der Waals surface area contributed by atoms with Crippen LogP contribution in [0.25, 0.3) is 22.7 Å². The molecule has 1 aliphatic heterocycles. The monoisotopic (exact) mass is 329 g/mol. The van der Waals surface area contributed by atoms with Gasteiger partial charge in [0, 0.05) is 35.1 Å². The van der Waals surface area contributed by atoms with Crippen LogP contribution in [0, 0.1) is 0 Å². The molecule has 3 nitrogen and oxygen atoms in total. The Kier molecular flexibility index (Phi) is 3.98. The van der Waals surface area contributed by atoms with Crippen LogP contribution in [0.1, 0.15) is 29.3 Å². The van der Waals surface area contributed by atoms with Gasteiger partial charge in [-0.25, -0.2) is 4.98 Å². The van der Waals surface area contributed by atoms with E-state index in [2.05, 4.69) is 12.6 Å². The highest BCUT2D eigenvalue weighted by molar-refractivity contribution is 5.86. The molecule has 3 aromatic rings. The summed E-state index contributed by atoms with van der Waals surface area (Å²) in [4.78, 5) is 4.86. The van der Waals surface area contributed by atoms with Gasteiger partial charge in [0.15, 0.2) is 0 Å². The predicted octanol–water partition coefficient (Wildman–Crippen LogP) is 5.39. The molecule has 2 aromatic carbocycles. The number of fused-ring (bicyclic) bond motifs is 2. The topological polar surface area (TPSA) is 31.4 Å². The van der Waals surface area contributed by atoms with Crippen molar-refractivity contribution in [3.8, 4) is 5.75 Å². The Labute approximate surface area is 147 Å². The van der Waals surface area contributed by atoms with Crippen molar-refractivity contribution >= 4 is 22.7 Å². The number of methoxy groups -OCH3 is 1. The summed E-state index contributed by atoms with van der Waals surface area (Å²) in [5.74, 6) is 1.65. The minimum atomic E-state index is -0.0771. The van der Waals surface area contributed by atoms with Gasteiger partial charge in [-0.15, -0.1) is 6.58 Å². The predicted molar refractivity (Wildman–Crippen MR) is 101 cm³/mol. The highest BCUT2D eigenvalue weighted by atomic mass is 16.5. The van der Waals surface area contributed by atoms with E-state index in [9.17, 15) is 0 Å². The standard InChI is InChI=1S/C22H19NO2/c1-3-7-21-18-12-16-10-11-17(24-2)13-19(16)23-20(18)14-22(25-21)15-8-5-4-6-9-15/h3-6,8-14,21H,1,7H2,2H3. The lowest BCUT2D eigenvalue weighted by Crippen LogP contribution is -2.11. The summed E-state index contributed by atoms with van der Waals surface area (Å²) >= 11 is 0. The zero-order chi connectivity index (χ0) is 17.2. The molecule has 0 N–H and O–H groups in total. The van der Waals surface area contributed by atoms with Crippen molar-refractivity contribution in [2.75, 3.05) is 7.11 Å². The SMILES string of the molecule is C=CCC1OC(c2ccccc2)=Cc2nc3cc(OC)ccc3cc21. The van der Waals surface area contributed by atoms with Crippen molar-refractivity contribution in [2.45, 2.75) is 12.5 Å². The first-order valence-electron chi connectivity index (χ1n) is 8.32. The van der Waals surface area contributed by atoms with Crippen molar-refractivity contribution < 1.29 is 9.47 Å². The van der Waals surface area contributed by atoms with Crippen LogP contribution in [0.15, 0.2) is 67.3 Å². The van der Waals surface area contributed by atoms with E-state index in [-0.39, 0.29) is 6.10 Å². The summed E-state index contributed by atoms with van der Waals surface area (Å²) in [5, 5.41) is 1.08. The summed E-state index contributed by atoms with van der Waals surface area (Å²) in [6.07, 6.45) is 4.57. The van der Waals surface area contributed by atoms with E-state index in [0.29, 0.717) is 0 Å². The fourth-order valence-electron chi connectivity index (χ4n) is 3.13. The van der Waals surface area contributed by atoms with Crippen LogP contribution < -0.4 is 4.74 Å². The Morgan fingerprint density at radius 3 is 2.76 bits per heavy atom. The van der Waals surface area contributed by atoms with Crippen molar-refractivity contribution in [3.05, 3.63) is 84.1 Å². The van der Waals surface area contributed by atoms with Crippen molar-refractivity contribution in [1.29, 1.82) is 0 Å². The van der Waals surface area contributed by atoms with Crippen LogP contribution in [-0.4, -0.2) is 12.1 Å². The lowest BCUT2D eigenvalue weighted by Gasteiger charge is -2.26. The minimum Gasteiger partial charge on any atom is -0.497 e. The van der Waals surface area contributed by atoms with Gasteiger partial charge in [0.2, 0.25) is 0 Å². The van der Waals surface area contributed by atoms with E-state index in [1.165, 1.54) is 0 Å². The quantitative estimate of drug-likeness (QED) is 0.601. The second-order valence-electron chi connectivity index (χ2n) is 6.03. The van der Waals surface area contributed by atoms with Gasteiger partial charge in [0.05, 0.1) is 18.3 Å². The number of rotatable bonds is 4. The maximum absolute atomic E-state index is 6.26. The molecule has 0 bridgehead atoms. The number of nitrogens with zero attached hydrogens (tertiary/aromatic N) is 1. The summed E-state index contributed by atoms with van der Waals surface area (Å²) in [6.45, 7) is 3.87. The first-order valence-corrected chi connectivity index (χ1v) is 8.32. The molecule has 2 heterocycles. The molecular weight excluding hydrogens is 310 g/mol. The molecule has 4 rings (SSSR count). The number of benzene rings is 2. The molecule has 0 fully saturated rings. The minimum absolute atomic E-state index is 0.0771. The molecule has 0 amide bonds. The summed E-state index contributed by atoms with van der Waals surface area (Å²) < 4.78 is 11.6. The van der Waals surface area contributed by atoms with Gasteiger partial charge >= 0.3 is 0 Å². The molecule has 1 aliphatic rings. The van der Waals surface area contributed by atoms with Crippen LogP contribution in [0.3, 0.4) is 0 Å². The fraction of sp³-hybridized carbons (Fsp3) is 0.136. The Bertz CT molecular complexity index is 960. The second kappa shape index (κ2) is 6.44. The van der Waals surface area contributed by atoms with Gasteiger partial charge in [-0.3, -0.25) is 0 Å². The van der Waals surface area contributed by atoms with Crippen molar-refractivity contribution in [2.24, 2.45) is 0 Å². The molecule has 1 atom stereocenters. The molecule has 1 aromatic heterocycles. The van der Waals surface area contributed by atoms with E-state index in [1.54, 1.807) is 7.11 Å². The van der Waals surface area contributed by atoms with E-state index in [0.717, 1.165) is 45.7 Å². The summed E-state index contributed by atoms with van der Waals surface area (Å²) in [5.41, 5.74) is 4.01. The van der Waals surface area contributed by atoms with Crippen LogP contribution in [-0.2, 0) is 4.74 Å². The highest BCUT2D eigenvalue weighted by Gasteiger charge is 2.24. The molecule has 0 aliphatic carbocycles. The normalized spacial score (nSPS) is 15.9. The van der Waals surface area contributed by atoms with Crippen LogP contribution >= 0.6 is 0 Å². The van der Waals surface area contributed by atoms with Crippen LogP contribution in [0.4, 0.5) is 0 Å². The Morgan fingerprint density at radius 2 is 2.00 bits per heavy atom. The van der Waals surface area contributed by atoms with Crippen molar-refractivity contribution in [3.63, 3.8) is 0 Å². The van der Waals surface area contributed by atoms with Gasteiger partial charge in [-0.2, -0.15) is 0 Å². The van der Waals surface area contributed by atoms with Gasteiger partial charge in [-0.05, 0) is 18.2 Å². The smallest absolute Gasteiger partial charge is 0.129 e. The first-order chi connectivity index (χ1) is 12.3. The number of pyridine rings is 1. The Hall–Kier alpha value is -3.07. The maximum Gasteiger partial charge on any atom is 0.129 e. The third kappa shape index (κ3) is 2.89. The number of aromatic nitrogens is 1. The average Bonchev–Trinajstić information content (AvgIpc) is 2.67. The van der Waals surface area contributed by atoms with E-state index in [4.69, 9.17) is 14.5 Å². The van der Waals surface area contributed by atoms with E-state index < -0.39 is 0 Å². The molecule has 1 unspecified atom stereocenters. The van der Waals surface area contributed by atoms with Crippen molar-refractivity contribution in [1.82, 2.24) is 4.98 Å². The third-order valence-corrected chi connectivity index (χ3v) is 4.41. The number of ether oxygens (including phenoxy) is 2. The third-order valence-electron chi connectivity index (χ3n) is 4.41. The molecule has 0 radical (unpaired) electrons. The van der Waals surface area contributed by atoms with Gasteiger partial charge in [-0.1, -0.05) is 36.4 Å². The number of hydrogen-bond donors (Lipinski definition) is 0. The highest BCUT2D eigenvalue weighted by Crippen LogP contribution is 2.38. The summed E-state index contributed by atoms with van der Waals surface area (Å²) in [7, 11) is 1.67. The largest absolute Gasteiger partial charge is 0.497 e. The second-order valence-corrected chi connectivity index (χ2v) is 6.03. The first kappa shape index (κ1) is 15.5. The molecule has 0 spiro atoms. The van der Waals surface area contributed by atoms with Gasteiger partial charge < -0.3 is 9.47 Å². The summed E-state index contributed by atoms with van der Waals surface area (Å²) in [6, 6.07) is 18.2. The average molecular weight is 329 g/mol. The molecule has 0 saturated carbocycles. The molecule has 3 heteroatoms. The fourth-order valence-corrected chi connectivity index (χ4v) is 3.13. The number of hydrogen-bond acceptors (Lipinski definition) is 3. The van der Waals surface area contributed by atoms with Crippen LogP contribution in [0.5, 0.6) is 5.75 Å². The van der Waals surface area contributed by atoms with Crippen LogP contribution in [0.2, 0.25) is 0 Å². The zero-order valence-corrected chi connectivity index (χ0v) is 14.1. The molecule has 0 saturated heterocycles. The van der Waals surface area contributed by atoms with E-state index >= 15 is 0 Å². The lowest BCUT2D eigenvalue weighted by molar-refractivity contribution is 0.169. The molecule has 124 valence electrons. The van der Waals surface area contributed by atoms with E-state index in [1.807, 2.05) is 60.7 Å². The lowest BCUT2D eigenvalue weighted by atomic mass is 9.97. The Balaban J connectivity index is 1.88. The zero-order valence-electron chi connectivity index (χ0n) is 14.1. The van der Waals surface area contributed by atoms with Gasteiger partial charge in [0.1, 0.15) is 17.6 Å². The van der Waals surface area contributed by atoms with Gasteiger partial charge in [0.25, 0.3) is 0 Å². The Morgan fingerprint density at radius 1 is 1.16 bits per heavy atom.